The van der Waals surface area contributed by atoms with Gasteiger partial charge in [-0.3, -0.25) is 0 Å². The second kappa shape index (κ2) is 7.98. The summed E-state index contributed by atoms with van der Waals surface area (Å²) in [4.78, 5) is 12.4. The van der Waals surface area contributed by atoms with Gasteiger partial charge in [0.15, 0.2) is 5.65 Å². The second-order valence-corrected chi connectivity index (χ2v) is 8.92. The Hall–Kier alpha value is -2.89. The van der Waals surface area contributed by atoms with Gasteiger partial charge in [-0.05, 0) is 43.4 Å². The molecule has 2 atom stereocenters. The monoisotopic (exact) mass is 433 g/mol. The highest BCUT2D eigenvalue weighted by Crippen LogP contribution is 2.33. The number of imidazole rings is 1. The maximum atomic E-state index is 10.3. The van der Waals surface area contributed by atoms with Crippen LogP contribution in [0.15, 0.2) is 60.7 Å². The molecule has 0 saturated heterocycles. The van der Waals surface area contributed by atoms with Gasteiger partial charge in [-0.15, -0.1) is 0 Å². The summed E-state index contributed by atoms with van der Waals surface area (Å²) in [7, 11) is 0. The summed E-state index contributed by atoms with van der Waals surface area (Å²) in [6.07, 6.45) is 3.17. The fourth-order valence-corrected chi connectivity index (χ4v) is 4.53. The summed E-state index contributed by atoms with van der Waals surface area (Å²) >= 11 is 6.55. The minimum atomic E-state index is -0.685. The van der Waals surface area contributed by atoms with Gasteiger partial charge in [-0.1, -0.05) is 66.2 Å². The first-order valence-electron chi connectivity index (χ1n) is 10.6. The van der Waals surface area contributed by atoms with Crippen LogP contribution in [0.4, 0.5) is 0 Å². The molecular weight excluding hydrogens is 410 g/mol. The molecule has 0 radical (unpaired) electrons. The molecule has 0 unspecified atom stereocenters. The van der Waals surface area contributed by atoms with Crippen LogP contribution in [0, 0.1) is 0 Å². The number of nitrogens with one attached hydrogen (secondary N) is 1. The van der Waals surface area contributed by atoms with Crippen molar-refractivity contribution in [3.8, 4) is 28.4 Å². The first-order chi connectivity index (χ1) is 15.0. The van der Waals surface area contributed by atoms with Crippen LogP contribution >= 0.6 is 11.6 Å². The Balaban J connectivity index is 1.40. The molecule has 0 bridgehead atoms. The van der Waals surface area contributed by atoms with E-state index in [1.54, 1.807) is 0 Å². The third-order valence-electron chi connectivity index (χ3n) is 5.86. The number of ether oxygens (including phenoxy) is 1. The number of benzene rings is 2. The minimum Gasteiger partial charge on any atom is -0.461 e. The van der Waals surface area contributed by atoms with Crippen LogP contribution in [0.2, 0.25) is 5.02 Å². The Labute approximate surface area is 186 Å². The second-order valence-electron chi connectivity index (χ2n) is 8.51. The average molecular weight is 434 g/mol. The van der Waals surface area contributed by atoms with Crippen molar-refractivity contribution < 1.29 is 9.84 Å². The number of hydrogen-bond donors (Lipinski definition) is 2. The lowest BCUT2D eigenvalue weighted by Crippen LogP contribution is -2.37. The zero-order valence-corrected chi connectivity index (χ0v) is 18.1. The predicted molar refractivity (Wildman–Crippen MR) is 123 cm³/mol. The zero-order chi connectivity index (χ0) is 21.4. The lowest BCUT2D eigenvalue weighted by atomic mass is 9.85. The van der Waals surface area contributed by atoms with E-state index in [2.05, 4.69) is 39.2 Å². The van der Waals surface area contributed by atoms with Crippen LogP contribution < -0.4 is 4.74 Å². The van der Waals surface area contributed by atoms with Crippen molar-refractivity contribution in [2.75, 3.05) is 0 Å². The van der Waals surface area contributed by atoms with Gasteiger partial charge < -0.3 is 14.8 Å². The number of aromatic amines is 1. The van der Waals surface area contributed by atoms with Crippen molar-refractivity contribution in [1.29, 1.82) is 0 Å². The van der Waals surface area contributed by atoms with Crippen molar-refractivity contribution in [1.82, 2.24) is 15.0 Å². The summed E-state index contributed by atoms with van der Waals surface area (Å²) in [6, 6.07) is 20.7. The Morgan fingerprint density at radius 3 is 2.48 bits per heavy atom. The van der Waals surface area contributed by atoms with Gasteiger partial charge in [0.25, 0.3) is 6.01 Å². The molecule has 158 valence electrons. The van der Waals surface area contributed by atoms with Crippen LogP contribution in [0.3, 0.4) is 0 Å². The highest BCUT2D eigenvalue weighted by molar-refractivity contribution is 6.33. The Morgan fingerprint density at radius 1 is 1.03 bits per heavy atom. The van der Waals surface area contributed by atoms with Crippen molar-refractivity contribution in [3.05, 3.63) is 65.7 Å². The number of hydrogen-bond acceptors (Lipinski definition) is 4. The maximum absolute atomic E-state index is 10.3. The van der Waals surface area contributed by atoms with Crippen molar-refractivity contribution in [2.24, 2.45) is 0 Å². The molecule has 1 aliphatic rings. The molecule has 0 spiro atoms. The normalized spacial score (nSPS) is 21.3. The third kappa shape index (κ3) is 4.29. The number of aliphatic hydroxyl groups is 1. The molecule has 2 aromatic heterocycles. The van der Waals surface area contributed by atoms with E-state index in [1.165, 1.54) is 5.56 Å². The molecule has 5 rings (SSSR count). The summed E-state index contributed by atoms with van der Waals surface area (Å²) in [5.41, 5.74) is 4.53. The maximum Gasteiger partial charge on any atom is 0.296 e. The molecule has 5 nitrogen and oxygen atoms in total. The number of rotatable bonds is 4. The first-order valence-corrected chi connectivity index (χ1v) is 11.0. The molecule has 6 heteroatoms. The Morgan fingerprint density at radius 2 is 1.74 bits per heavy atom. The molecular formula is C25H24ClN3O2. The smallest absolute Gasteiger partial charge is 0.296 e. The van der Waals surface area contributed by atoms with Gasteiger partial charge >= 0.3 is 0 Å². The van der Waals surface area contributed by atoms with Gasteiger partial charge in [0.1, 0.15) is 6.10 Å². The highest BCUT2D eigenvalue weighted by Gasteiger charge is 2.31. The molecule has 0 aliphatic heterocycles. The predicted octanol–water partition coefficient (Wildman–Crippen LogP) is 6.02. The van der Waals surface area contributed by atoms with Gasteiger partial charge in [-0.25, -0.2) is 4.98 Å². The molecule has 0 amide bonds. The van der Waals surface area contributed by atoms with E-state index in [0.717, 1.165) is 35.9 Å². The number of H-pyrrole nitrogens is 1. The first kappa shape index (κ1) is 20.0. The molecule has 31 heavy (non-hydrogen) atoms. The summed E-state index contributed by atoms with van der Waals surface area (Å²) in [5.74, 6) is 0. The lowest BCUT2D eigenvalue weighted by molar-refractivity contribution is -0.0252. The van der Waals surface area contributed by atoms with Gasteiger partial charge in [0.05, 0.1) is 21.8 Å². The summed E-state index contributed by atoms with van der Waals surface area (Å²) in [5, 5.41) is 10.9. The van der Waals surface area contributed by atoms with Gasteiger partial charge in [0.2, 0.25) is 0 Å². The van der Waals surface area contributed by atoms with E-state index in [-0.39, 0.29) is 6.10 Å². The molecule has 4 aromatic rings. The standard InChI is InChI=1S/C25H24ClN3O2/c1-25(30)13-5-8-19(15-25)31-24-27-21-14-20(26)22(28-23(21)29-24)18-11-9-17(10-12-18)16-6-3-2-4-7-16/h2-4,6-7,9-12,14,19,30H,5,8,13,15H2,1H3,(H,27,28,29)/t19-,25+/m1/s1. The average Bonchev–Trinajstić information content (AvgIpc) is 3.14. The SMILES string of the molecule is C[C@]1(O)CCC[C@@H](Oc2nc3nc(-c4ccc(-c5ccccc5)cc4)c(Cl)cc3[nH]2)C1. The highest BCUT2D eigenvalue weighted by atomic mass is 35.5. The Bertz CT molecular complexity index is 1200. The Kier molecular flexibility index (Phi) is 5.16. The number of pyridine rings is 1. The quantitative estimate of drug-likeness (QED) is 0.413. The lowest BCUT2D eigenvalue weighted by Gasteiger charge is -2.33. The van der Waals surface area contributed by atoms with Gasteiger partial charge in [-0.2, -0.15) is 4.98 Å². The van der Waals surface area contributed by atoms with Crippen molar-refractivity contribution >= 4 is 22.8 Å². The molecule has 1 aliphatic carbocycles. The van der Waals surface area contributed by atoms with Gasteiger partial charge in [0, 0.05) is 12.0 Å². The minimum absolute atomic E-state index is 0.0650. The summed E-state index contributed by atoms with van der Waals surface area (Å²) < 4.78 is 6.02. The number of fused-ring (bicyclic) bond motifs is 1. The fourth-order valence-electron chi connectivity index (χ4n) is 4.27. The molecule has 1 fully saturated rings. The van der Waals surface area contributed by atoms with Crippen LogP contribution in [0.1, 0.15) is 32.6 Å². The molecule has 2 N–H and O–H groups in total. The third-order valence-corrected chi connectivity index (χ3v) is 6.15. The van der Waals surface area contributed by atoms with Crippen LogP contribution in [0.5, 0.6) is 6.01 Å². The number of nitrogens with zero attached hydrogens (tertiary/aromatic N) is 2. The van der Waals surface area contributed by atoms with Crippen molar-refractivity contribution in [3.63, 3.8) is 0 Å². The zero-order valence-electron chi connectivity index (χ0n) is 17.3. The summed E-state index contributed by atoms with van der Waals surface area (Å²) in [6.45, 7) is 1.86. The van der Waals surface area contributed by atoms with E-state index in [0.29, 0.717) is 28.8 Å². The van der Waals surface area contributed by atoms with E-state index < -0.39 is 5.60 Å². The van der Waals surface area contributed by atoms with E-state index in [9.17, 15) is 5.11 Å². The van der Waals surface area contributed by atoms with E-state index in [1.807, 2.05) is 43.3 Å². The van der Waals surface area contributed by atoms with E-state index in [4.69, 9.17) is 16.3 Å². The molecule has 2 heterocycles. The number of halogens is 1. The fraction of sp³-hybridized carbons (Fsp3) is 0.280. The van der Waals surface area contributed by atoms with Crippen molar-refractivity contribution in [2.45, 2.75) is 44.3 Å². The largest absolute Gasteiger partial charge is 0.461 e. The molecule has 1 saturated carbocycles. The van der Waals surface area contributed by atoms with Crippen LogP contribution in [0.25, 0.3) is 33.5 Å². The molecule has 2 aromatic carbocycles. The van der Waals surface area contributed by atoms with Crippen LogP contribution in [-0.4, -0.2) is 31.8 Å². The van der Waals surface area contributed by atoms with Crippen LogP contribution in [-0.2, 0) is 0 Å². The number of aromatic nitrogens is 3. The van der Waals surface area contributed by atoms with E-state index >= 15 is 0 Å². The topological polar surface area (TPSA) is 71.0 Å².